The van der Waals surface area contributed by atoms with Crippen LogP contribution in [0, 0.1) is 11.8 Å². The van der Waals surface area contributed by atoms with E-state index in [1.165, 1.54) is 25.7 Å². The van der Waals surface area contributed by atoms with Crippen molar-refractivity contribution in [1.82, 2.24) is 10.2 Å². The molecule has 2 N–H and O–H groups in total. The minimum atomic E-state index is -0.113. The van der Waals surface area contributed by atoms with Gasteiger partial charge in [-0.1, -0.05) is 13.8 Å². The second-order valence-electron chi connectivity index (χ2n) is 7.17. The summed E-state index contributed by atoms with van der Waals surface area (Å²) < 4.78 is 5.57. The van der Waals surface area contributed by atoms with Crippen molar-refractivity contribution in [3.05, 3.63) is 0 Å². The number of likely N-dealkylation sites (N-methyl/N-ethyl adjacent to an activating group) is 1. The van der Waals surface area contributed by atoms with Gasteiger partial charge in [0.1, 0.15) is 0 Å². The molecular formula is C16H32N2O2. The molecule has 2 fully saturated rings. The van der Waals surface area contributed by atoms with Crippen molar-refractivity contribution in [2.24, 2.45) is 11.8 Å². The molecule has 0 aromatic heterocycles. The Morgan fingerprint density at radius 3 is 2.60 bits per heavy atom. The summed E-state index contributed by atoms with van der Waals surface area (Å²) in [6.45, 7) is 8.41. The second kappa shape index (κ2) is 7.21. The molecule has 1 aliphatic heterocycles. The van der Waals surface area contributed by atoms with Crippen molar-refractivity contribution in [3.63, 3.8) is 0 Å². The van der Waals surface area contributed by atoms with Gasteiger partial charge in [0, 0.05) is 25.7 Å². The molecule has 0 spiro atoms. The largest absolute Gasteiger partial charge is 0.394 e. The Kier molecular flexibility index (Phi) is 5.84. The predicted molar refractivity (Wildman–Crippen MR) is 81.9 cm³/mol. The Hall–Kier alpha value is -0.160. The van der Waals surface area contributed by atoms with Gasteiger partial charge in [-0.3, -0.25) is 0 Å². The predicted octanol–water partition coefficient (Wildman–Crippen LogP) is 1.48. The highest BCUT2D eigenvalue weighted by molar-refractivity contribution is 5.03. The molecule has 0 aromatic carbocycles. The van der Waals surface area contributed by atoms with Crippen LogP contribution in [-0.4, -0.2) is 61.5 Å². The maximum Gasteiger partial charge on any atom is 0.0628 e. The minimum absolute atomic E-state index is 0.113. The van der Waals surface area contributed by atoms with Crippen LogP contribution in [0.5, 0.6) is 0 Å². The topological polar surface area (TPSA) is 44.7 Å². The molecule has 2 rings (SSSR count). The van der Waals surface area contributed by atoms with Crippen LogP contribution in [0.2, 0.25) is 0 Å². The number of rotatable bonds is 8. The third kappa shape index (κ3) is 4.42. The fourth-order valence-electron chi connectivity index (χ4n) is 3.67. The number of aliphatic hydroxyl groups is 1. The fraction of sp³-hybridized carbons (Fsp3) is 1.00. The molecule has 1 heterocycles. The summed E-state index contributed by atoms with van der Waals surface area (Å²) in [7, 11) is 2.18. The zero-order valence-electron chi connectivity index (χ0n) is 13.4. The molecule has 0 bridgehead atoms. The SMILES string of the molecule is CC(C)NC(CO)(CN(C)CC1CCCOC1)C1CC1. The van der Waals surface area contributed by atoms with Gasteiger partial charge in [0.25, 0.3) is 0 Å². The van der Waals surface area contributed by atoms with Crippen molar-refractivity contribution >= 4 is 0 Å². The number of nitrogens with one attached hydrogen (secondary N) is 1. The van der Waals surface area contributed by atoms with Gasteiger partial charge in [-0.15, -0.1) is 0 Å². The van der Waals surface area contributed by atoms with E-state index in [1.54, 1.807) is 0 Å². The molecule has 0 amide bonds. The first kappa shape index (κ1) is 16.2. The summed E-state index contributed by atoms with van der Waals surface area (Å²) in [5.74, 6) is 1.29. The summed E-state index contributed by atoms with van der Waals surface area (Å²) in [5, 5.41) is 13.6. The number of hydrogen-bond donors (Lipinski definition) is 2. The maximum absolute atomic E-state index is 9.98. The zero-order chi connectivity index (χ0) is 14.6. The van der Waals surface area contributed by atoms with Crippen LogP contribution in [0.4, 0.5) is 0 Å². The molecule has 1 saturated carbocycles. The average molecular weight is 284 g/mol. The molecule has 0 aromatic rings. The second-order valence-corrected chi connectivity index (χ2v) is 7.17. The fourth-order valence-corrected chi connectivity index (χ4v) is 3.67. The summed E-state index contributed by atoms with van der Waals surface area (Å²) in [6, 6.07) is 0.411. The van der Waals surface area contributed by atoms with Crippen LogP contribution in [0.1, 0.15) is 39.5 Å². The lowest BCUT2D eigenvalue weighted by Crippen LogP contribution is -2.59. The van der Waals surface area contributed by atoms with Crippen LogP contribution in [0.15, 0.2) is 0 Å². The minimum Gasteiger partial charge on any atom is -0.394 e. The Balaban J connectivity index is 1.88. The first-order chi connectivity index (χ1) is 9.55. The molecule has 20 heavy (non-hydrogen) atoms. The quantitative estimate of drug-likeness (QED) is 0.709. The molecule has 2 unspecified atom stereocenters. The Bertz CT molecular complexity index is 288. The Morgan fingerprint density at radius 2 is 2.10 bits per heavy atom. The van der Waals surface area contributed by atoms with Crippen LogP contribution < -0.4 is 5.32 Å². The van der Waals surface area contributed by atoms with Gasteiger partial charge in [-0.25, -0.2) is 0 Å². The number of nitrogens with zero attached hydrogens (tertiary/aromatic N) is 1. The van der Waals surface area contributed by atoms with Crippen LogP contribution >= 0.6 is 0 Å². The van der Waals surface area contributed by atoms with E-state index in [9.17, 15) is 5.11 Å². The average Bonchev–Trinajstić information content (AvgIpc) is 3.23. The molecule has 0 radical (unpaired) electrons. The zero-order valence-corrected chi connectivity index (χ0v) is 13.4. The van der Waals surface area contributed by atoms with E-state index in [4.69, 9.17) is 4.74 Å². The molecule has 4 heteroatoms. The number of hydrogen-bond acceptors (Lipinski definition) is 4. The van der Waals surface area contributed by atoms with Crippen LogP contribution in [0.3, 0.4) is 0 Å². The van der Waals surface area contributed by atoms with E-state index in [0.717, 1.165) is 26.3 Å². The monoisotopic (exact) mass is 284 g/mol. The van der Waals surface area contributed by atoms with Crippen molar-refractivity contribution < 1.29 is 9.84 Å². The van der Waals surface area contributed by atoms with E-state index < -0.39 is 0 Å². The van der Waals surface area contributed by atoms with Crippen molar-refractivity contribution in [2.75, 3.05) is 40.0 Å². The van der Waals surface area contributed by atoms with E-state index in [2.05, 4.69) is 31.1 Å². The van der Waals surface area contributed by atoms with Crippen molar-refractivity contribution in [3.8, 4) is 0 Å². The number of ether oxygens (including phenoxy) is 1. The standard InChI is InChI=1S/C16H32N2O2/c1-13(2)17-16(12-19,15-6-7-15)11-18(3)9-14-5-4-8-20-10-14/h13-15,17,19H,4-12H2,1-3H3. The van der Waals surface area contributed by atoms with Gasteiger partial charge in [0.05, 0.1) is 18.8 Å². The Labute approximate surface area is 123 Å². The van der Waals surface area contributed by atoms with Gasteiger partial charge >= 0.3 is 0 Å². The highest BCUT2D eigenvalue weighted by Crippen LogP contribution is 2.40. The van der Waals surface area contributed by atoms with Gasteiger partial charge in [0.15, 0.2) is 0 Å². The van der Waals surface area contributed by atoms with Crippen LogP contribution in [0.25, 0.3) is 0 Å². The summed E-state index contributed by atoms with van der Waals surface area (Å²) in [4.78, 5) is 2.39. The Morgan fingerprint density at radius 1 is 1.35 bits per heavy atom. The molecule has 1 aliphatic carbocycles. The smallest absolute Gasteiger partial charge is 0.0628 e. The highest BCUT2D eigenvalue weighted by atomic mass is 16.5. The summed E-state index contributed by atoms with van der Waals surface area (Å²) >= 11 is 0. The van der Waals surface area contributed by atoms with E-state index in [0.29, 0.717) is 17.9 Å². The molecule has 2 aliphatic rings. The first-order valence-electron chi connectivity index (χ1n) is 8.20. The van der Waals surface area contributed by atoms with Gasteiger partial charge in [-0.05, 0) is 44.6 Å². The van der Waals surface area contributed by atoms with E-state index in [1.807, 2.05) is 0 Å². The third-order valence-corrected chi connectivity index (χ3v) is 4.59. The molecule has 1 saturated heterocycles. The van der Waals surface area contributed by atoms with E-state index >= 15 is 0 Å². The van der Waals surface area contributed by atoms with Crippen molar-refractivity contribution in [2.45, 2.75) is 51.1 Å². The maximum atomic E-state index is 9.98. The van der Waals surface area contributed by atoms with Crippen molar-refractivity contribution in [1.29, 1.82) is 0 Å². The lowest BCUT2D eigenvalue weighted by atomic mass is 9.91. The van der Waals surface area contributed by atoms with Gasteiger partial charge < -0.3 is 20.1 Å². The lowest BCUT2D eigenvalue weighted by Gasteiger charge is -2.40. The van der Waals surface area contributed by atoms with Gasteiger partial charge in [-0.2, -0.15) is 0 Å². The number of aliphatic hydroxyl groups excluding tert-OH is 1. The van der Waals surface area contributed by atoms with Crippen LogP contribution in [-0.2, 0) is 4.74 Å². The highest BCUT2D eigenvalue weighted by Gasteiger charge is 2.45. The van der Waals surface area contributed by atoms with E-state index in [-0.39, 0.29) is 12.1 Å². The summed E-state index contributed by atoms with van der Waals surface area (Å²) in [5.41, 5.74) is -0.113. The molecule has 4 nitrogen and oxygen atoms in total. The third-order valence-electron chi connectivity index (χ3n) is 4.59. The molecule has 2 atom stereocenters. The molecular weight excluding hydrogens is 252 g/mol. The normalized spacial score (nSPS) is 27.0. The lowest BCUT2D eigenvalue weighted by molar-refractivity contribution is 0.0307. The first-order valence-corrected chi connectivity index (χ1v) is 8.20. The van der Waals surface area contributed by atoms with Gasteiger partial charge in [0.2, 0.25) is 0 Å². The summed E-state index contributed by atoms with van der Waals surface area (Å²) in [6.07, 6.45) is 4.97. The molecule has 118 valence electrons.